The Bertz CT molecular complexity index is 784. The average molecular weight is 367 g/mol. The minimum Gasteiger partial charge on any atom is -0.378 e. The number of morpholine rings is 1. The van der Waals surface area contributed by atoms with E-state index >= 15 is 0 Å². The Labute approximate surface area is 159 Å². The van der Waals surface area contributed by atoms with Crippen molar-refractivity contribution < 1.29 is 14.3 Å². The van der Waals surface area contributed by atoms with E-state index in [2.05, 4.69) is 15.5 Å². The van der Waals surface area contributed by atoms with Crippen molar-refractivity contribution in [3.8, 4) is 0 Å². The van der Waals surface area contributed by atoms with Crippen molar-refractivity contribution in [2.24, 2.45) is 0 Å². The van der Waals surface area contributed by atoms with Crippen molar-refractivity contribution in [3.05, 3.63) is 59.7 Å². The van der Waals surface area contributed by atoms with E-state index in [4.69, 9.17) is 4.74 Å². The van der Waals surface area contributed by atoms with Gasteiger partial charge in [-0.1, -0.05) is 42.0 Å². The van der Waals surface area contributed by atoms with Gasteiger partial charge in [0, 0.05) is 13.1 Å². The Balaban J connectivity index is 1.52. The molecule has 1 aliphatic heterocycles. The Morgan fingerprint density at radius 1 is 1.00 bits per heavy atom. The fourth-order valence-electron chi connectivity index (χ4n) is 2.99. The molecule has 0 aromatic heterocycles. The molecule has 2 N–H and O–H groups in total. The average Bonchev–Trinajstić information content (AvgIpc) is 2.69. The zero-order valence-electron chi connectivity index (χ0n) is 15.5. The number of anilines is 2. The van der Waals surface area contributed by atoms with E-state index < -0.39 is 0 Å². The van der Waals surface area contributed by atoms with Gasteiger partial charge in [-0.05, 0) is 24.6 Å². The van der Waals surface area contributed by atoms with Gasteiger partial charge < -0.3 is 20.3 Å². The van der Waals surface area contributed by atoms with Gasteiger partial charge in [0.1, 0.15) is 0 Å². The molecule has 27 heavy (non-hydrogen) atoms. The maximum absolute atomic E-state index is 12.3. The Morgan fingerprint density at radius 3 is 2.44 bits per heavy atom. The lowest BCUT2D eigenvalue weighted by Crippen LogP contribution is -2.37. The summed E-state index contributed by atoms with van der Waals surface area (Å²) in [6, 6.07) is 15.5. The van der Waals surface area contributed by atoms with Gasteiger partial charge in [0.2, 0.25) is 11.8 Å². The molecule has 6 nitrogen and oxygen atoms in total. The third-order valence-corrected chi connectivity index (χ3v) is 4.46. The molecule has 3 rings (SSSR count). The SMILES string of the molecule is Cc1ccc(CC(=O)NCC(=O)Nc2ccccc2N2CCOCC2)cc1. The highest BCUT2D eigenvalue weighted by Crippen LogP contribution is 2.26. The van der Waals surface area contributed by atoms with Crippen LogP contribution in [0.2, 0.25) is 0 Å². The van der Waals surface area contributed by atoms with Gasteiger partial charge >= 0.3 is 0 Å². The van der Waals surface area contributed by atoms with Crippen molar-refractivity contribution in [2.45, 2.75) is 13.3 Å². The van der Waals surface area contributed by atoms with Gasteiger partial charge in [-0.25, -0.2) is 0 Å². The third-order valence-electron chi connectivity index (χ3n) is 4.46. The predicted molar refractivity (Wildman–Crippen MR) is 106 cm³/mol. The van der Waals surface area contributed by atoms with Crippen molar-refractivity contribution >= 4 is 23.2 Å². The molecule has 142 valence electrons. The summed E-state index contributed by atoms with van der Waals surface area (Å²) in [5.41, 5.74) is 3.80. The third kappa shape index (κ3) is 5.56. The zero-order chi connectivity index (χ0) is 19.1. The summed E-state index contributed by atoms with van der Waals surface area (Å²) in [7, 11) is 0. The van der Waals surface area contributed by atoms with Gasteiger partial charge in [-0.3, -0.25) is 9.59 Å². The monoisotopic (exact) mass is 367 g/mol. The number of benzene rings is 2. The lowest BCUT2D eigenvalue weighted by Gasteiger charge is -2.30. The molecule has 2 amide bonds. The molecule has 1 saturated heterocycles. The van der Waals surface area contributed by atoms with Crippen LogP contribution in [-0.2, 0) is 20.7 Å². The van der Waals surface area contributed by atoms with Crippen molar-refractivity contribution in [3.63, 3.8) is 0 Å². The van der Waals surface area contributed by atoms with Crippen LogP contribution in [0.4, 0.5) is 11.4 Å². The van der Waals surface area contributed by atoms with Gasteiger partial charge in [0.05, 0.1) is 37.6 Å². The predicted octanol–water partition coefficient (Wildman–Crippen LogP) is 2.13. The maximum Gasteiger partial charge on any atom is 0.243 e. The molecule has 0 unspecified atom stereocenters. The van der Waals surface area contributed by atoms with Crippen LogP contribution >= 0.6 is 0 Å². The van der Waals surface area contributed by atoms with Crippen LogP contribution in [0.25, 0.3) is 0 Å². The number of hydrogen-bond donors (Lipinski definition) is 2. The lowest BCUT2D eigenvalue weighted by atomic mass is 10.1. The second kappa shape index (κ2) is 9.19. The number of carbonyl (C=O) groups is 2. The molecule has 0 saturated carbocycles. The van der Waals surface area contributed by atoms with Crippen molar-refractivity contribution in [1.82, 2.24) is 5.32 Å². The number of carbonyl (C=O) groups excluding carboxylic acids is 2. The Morgan fingerprint density at radius 2 is 1.70 bits per heavy atom. The van der Waals surface area contributed by atoms with Crippen LogP contribution < -0.4 is 15.5 Å². The fourth-order valence-corrected chi connectivity index (χ4v) is 2.99. The summed E-state index contributed by atoms with van der Waals surface area (Å²) in [5.74, 6) is -0.413. The van der Waals surface area contributed by atoms with E-state index in [1.54, 1.807) is 0 Å². The van der Waals surface area contributed by atoms with Gasteiger partial charge in [0.25, 0.3) is 0 Å². The molecule has 2 aromatic rings. The largest absolute Gasteiger partial charge is 0.378 e. The van der Waals surface area contributed by atoms with Crippen molar-refractivity contribution in [1.29, 1.82) is 0 Å². The number of nitrogens with zero attached hydrogens (tertiary/aromatic N) is 1. The van der Waals surface area contributed by atoms with E-state index in [-0.39, 0.29) is 24.8 Å². The van der Waals surface area contributed by atoms with E-state index in [0.29, 0.717) is 13.2 Å². The van der Waals surface area contributed by atoms with E-state index in [0.717, 1.165) is 35.6 Å². The second-order valence-electron chi connectivity index (χ2n) is 6.60. The first kappa shape index (κ1) is 18.9. The Kier molecular flexibility index (Phi) is 6.44. The lowest BCUT2D eigenvalue weighted by molar-refractivity contribution is -0.123. The first-order chi connectivity index (χ1) is 13.1. The number of rotatable bonds is 6. The van der Waals surface area contributed by atoms with Crippen molar-refractivity contribution in [2.75, 3.05) is 43.1 Å². The number of hydrogen-bond acceptors (Lipinski definition) is 4. The molecule has 0 atom stereocenters. The molecule has 6 heteroatoms. The number of amides is 2. The smallest absolute Gasteiger partial charge is 0.243 e. The number of para-hydroxylation sites is 2. The first-order valence-electron chi connectivity index (χ1n) is 9.15. The van der Waals surface area contributed by atoms with Crippen LogP contribution in [0.5, 0.6) is 0 Å². The molecule has 2 aromatic carbocycles. The van der Waals surface area contributed by atoms with Gasteiger partial charge in [0.15, 0.2) is 0 Å². The first-order valence-corrected chi connectivity index (χ1v) is 9.15. The Hall–Kier alpha value is -2.86. The molecule has 0 bridgehead atoms. The molecular formula is C21H25N3O3. The normalized spacial score (nSPS) is 13.9. The van der Waals surface area contributed by atoms with Crippen LogP contribution in [0.1, 0.15) is 11.1 Å². The van der Waals surface area contributed by atoms with Crippen LogP contribution in [0.15, 0.2) is 48.5 Å². The maximum atomic E-state index is 12.3. The number of ether oxygens (including phenoxy) is 1. The molecule has 1 heterocycles. The molecule has 0 spiro atoms. The van der Waals surface area contributed by atoms with Crippen LogP contribution in [0, 0.1) is 6.92 Å². The minimum atomic E-state index is -0.243. The molecule has 0 radical (unpaired) electrons. The highest BCUT2D eigenvalue weighted by molar-refractivity contribution is 5.97. The highest BCUT2D eigenvalue weighted by atomic mass is 16.5. The van der Waals surface area contributed by atoms with Crippen LogP contribution in [-0.4, -0.2) is 44.7 Å². The fraction of sp³-hybridized carbons (Fsp3) is 0.333. The number of nitrogens with one attached hydrogen (secondary N) is 2. The van der Waals surface area contributed by atoms with E-state index in [9.17, 15) is 9.59 Å². The molecular weight excluding hydrogens is 342 g/mol. The van der Waals surface area contributed by atoms with E-state index in [1.165, 1.54) is 0 Å². The van der Waals surface area contributed by atoms with Gasteiger partial charge in [-0.2, -0.15) is 0 Å². The van der Waals surface area contributed by atoms with E-state index in [1.807, 2.05) is 55.5 Å². The summed E-state index contributed by atoms with van der Waals surface area (Å²) in [6.07, 6.45) is 0.262. The number of aryl methyl sites for hydroxylation is 1. The van der Waals surface area contributed by atoms with Crippen LogP contribution in [0.3, 0.4) is 0 Å². The summed E-state index contributed by atoms with van der Waals surface area (Å²) < 4.78 is 5.39. The standard InChI is InChI=1S/C21H25N3O3/c1-16-6-8-17(9-7-16)14-20(25)22-15-21(26)23-18-4-2-3-5-19(18)24-10-12-27-13-11-24/h2-9H,10-15H2,1H3,(H,22,25)(H,23,26). The second-order valence-corrected chi connectivity index (χ2v) is 6.60. The minimum absolute atomic E-state index is 0.0534. The summed E-state index contributed by atoms with van der Waals surface area (Å²) >= 11 is 0. The topological polar surface area (TPSA) is 70.7 Å². The summed E-state index contributed by atoms with van der Waals surface area (Å²) in [4.78, 5) is 26.5. The highest BCUT2D eigenvalue weighted by Gasteiger charge is 2.16. The summed E-state index contributed by atoms with van der Waals surface area (Å²) in [5, 5.41) is 5.58. The zero-order valence-corrected chi connectivity index (χ0v) is 15.5. The quantitative estimate of drug-likeness (QED) is 0.821. The summed E-state index contributed by atoms with van der Waals surface area (Å²) in [6.45, 7) is 4.89. The molecule has 1 fully saturated rings. The van der Waals surface area contributed by atoms with Gasteiger partial charge in [-0.15, -0.1) is 0 Å². The molecule has 1 aliphatic rings. The molecule has 0 aliphatic carbocycles.